The number of hydrogen-bond acceptors (Lipinski definition) is 8. The molecule has 0 amide bonds. The van der Waals surface area contributed by atoms with Crippen LogP contribution in [0, 0.1) is 0 Å². The van der Waals surface area contributed by atoms with Gasteiger partial charge in [-0.25, -0.2) is 9.48 Å². The predicted molar refractivity (Wildman–Crippen MR) is 129 cm³/mol. The third-order valence-electron chi connectivity index (χ3n) is 4.82. The van der Waals surface area contributed by atoms with Gasteiger partial charge in [-0.15, -0.1) is 0 Å². The van der Waals surface area contributed by atoms with E-state index in [4.69, 9.17) is 28.8 Å². The summed E-state index contributed by atoms with van der Waals surface area (Å²) >= 11 is 0. The maximum atomic E-state index is 12.8. The number of ether oxygens (including phenoxy) is 5. The Labute approximate surface area is 199 Å². The number of carbonyl (C=O) groups is 1. The molecule has 0 spiro atoms. The first-order valence-electron chi connectivity index (χ1n) is 10.7. The highest BCUT2D eigenvalue weighted by atomic mass is 16.7. The molecule has 0 unspecified atom stereocenters. The van der Waals surface area contributed by atoms with E-state index in [-0.39, 0.29) is 30.4 Å². The van der Waals surface area contributed by atoms with Gasteiger partial charge in [0, 0.05) is 38.0 Å². The van der Waals surface area contributed by atoms with Gasteiger partial charge in [0.1, 0.15) is 22.9 Å². The average molecular weight is 470 g/mol. The second-order valence-corrected chi connectivity index (χ2v) is 8.43. The number of carbonyl (C=O) groups excluding carboxylic acids is 1. The maximum Gasteiger partial charge on any atom is 0.343 e. The summed E-state index contributed by atoms with van der Waals surface area (Å²) in [6, 6.07) is 15.1. The van der Waals surface area contributed by atoms with Crippen LogP contribution in [-0.4, -0.2) is 50.7 Å². The molecule has 1 N–H and O–H groups in total. The molecule has 0 bridgehead atoms. The summed E-state index contributed by atoms with van der Waals surface area (Å²) in [5, 5.41) is 8.17. The number of rotatable bonds is 10. The molecule has 0 aliphatic heterocycles. The lowest BCUT2D eigenvalue weighted by atomic mass is 10.1. The molecule has 1 aromatic heterocycles. The number of aromatic nitrogens is 2. The molecule has 2 aromatic carbocycles. The van der Waals surface area contributed by atoms with Gasteiger partial charge in [0.05, 0.1) is 24.0 Å². The van der Waals surface area contributed by atoms with E-state index in [2.05, 4.69) is 5.32 Å². The molecule has 0 aliphatic carbocycles. The molecule has 0 radical (unpaired) electrons. The minimum absolute atomic E-state index is 0.0266. The zero-order valence-corrected chi connectivity index (χ0v) is 20.4. The van der Waals surface area contributed by atoms with Crippen molar-refractivity contribution >= 4 is 17.5 Å². The fourth-order valence-electron chi connectivity index (χ4n) is 3.32. The molecule has 0 aliphatic rings. The Kier molecular flexibility index (Phi) is 8.14. The van der Waals surface area contributed by atoms with Gasteiger partial charge in [0.2, 0.25) is 0 Å². The highest BCUT2D eigenvalue weighted by molar-refractivity contribution is 6.00. The topological polar surface area (TPSA) is 93.1 Å². The molecule has 3 aromatic rings. The fraction of sp³-hybridized carbons (Fsp3) is 0.360. The number of nitrogens with one attached hydrogen (secondary N) is 1. The third-order valence-corrected chi connectivity index (χ3v) is 4.82. The van der Waals surface area contributed by atoms with E-state index < -0.39 is 5.97 Å². The lowest BCUT2D eigenvalue weighted by molar-refractivity contribution is 0.0436. The summed E-state index contributed by atoms with van der Waals surface area (Å²) in [4.78, 5) is 12.8. The zero-order chi connectivity index (χ0) is 24.7. The van der Waals surface area contributed by atoms with Crippen LogP contribution in [0.5, 0.6) is 11.5 Å². The van der Waals surface area contributed by atoms with Crippen LogP contribution in [0.4, 0.5) is 11.5 Å². The van der Waals surface area contributed by atoms with Crippen molar-refractivity contribution in [1.82, 2.24) is 9.78 Å². The minimum Gasteiger partial charge on any atom is -0.467 e. The number of hydrogen-bond donors (Lipinski definition) is 1. The third kappa shape index (κ3) is 5.86. The Morgan fingerprint density at radius 1 is 0.971 bits per heavy atom. The standard InChI is InChI=1S/C25H31N3O6/c1-25(2,3)28-22(14-19(27-28)17-10-8-7-9-11-17)26-20-12-18(33-15-30-4)13-21(34-16-31-5)23(20)24(29)32-6/h7-14,26H,15-16H2,1-6H3. The maximum absolute atomic E-state index is 12.8. The van der Waals surface area contributed by atoms with Crippen molar-refractivity contribution in [3.8, 4) is 22.8 Å². The Hall–Kier alpha value is -3.56. The molecular weight excluding hydrogens is 438 g/mol. The van der Waals surface area contributed by atoms with E-state index in [1.165, 1.54) is 21.3 Å². The van der Waals surface area contributed by atoms with Crippen LogP contribution in [0.2, 0.25) is 0 Å². The number of benzene rings is 2. The number of anilines is 2. The SMILES string of the molecule is COCOc1cc(Nc2cc(-c3ccccc3)nn2C(C)(C)C)c(C(=O)OC)c(OCOC)c1. The van der Waals surface area contributed by atoms with Crippen LogP contribution < -0.4 is 14.8 Å². The molecule has 9 nitrogen and oxygen atoms in total. The summed E-state index contributed by atoms with van der Waals surface area (Å²) < 4.78 is 28.3. The predicted octanol–water partition coefficient (Wildman–Crippen LogP) is 4.80. The Morgan fingerprint density at radius 3 is 2.26 bits per heavy atom. The van der Waals surface area contributed by atoms with Gasteiger partial charge in [-0.1, -0.05) is 30.3 Å². The number of nitrogens with zero attached hydrogens (tertiary/aromatic N) is 2. The van der Waals surface area contributed by atoms with Crippen molar-refractivity contribution in [2.75, 3.05) is 40.2 Å². The van der Waals surface area contributed by atoms with Crippen LogP contribution in [0.15, 0.2) is 48.5 Å². The van der Waals surface area contributed by atoms with Crippen molar-refractivity contribution in [1.29, 1.82) is 0 Å². The molecule has 0 saturated heterocycles. The van der Waals surface area contributed by atoms with Gasteiger partial charge in [-0.05, 0) is 20.8 Å². The van der Waals surface area contributed by atoms with E-state index in [9.17, 15) is 4.79 Å². The van der Waals surface area contributed by atoms with Gasteiger partial charge in [-0.3, -0.25) is 0 Å². The first-order chi connectivity index (χ1) is 16.3. The summed E-state index contributed by atoms with van der Waals surface area (Å²) in [6.45, 7) is 6.11. The zero-order valence-electron chi connectivity index (χ0n) is 20.4. The average Bonchev–Trinajstić information content (AvgIpc) is 3.26. The van der Waals surface area contributed by atoms with Gasteiger partial charge >= 0.3 is 5.97 Å². The minimum atomic E-state index is -0.572. The highest BCUT2D eigenvalue weighted by Gasteiger charge is 2.25. The molecule has 0 atom stereocenters. The molecular formula is C25H31N3O6. The van der Waals surface area contributed by atoms with E-state index in [1.807, 2.05) is 61.9 Å². The molecule has 9 heteroatoms. The normalized spacial score (nSPS) is 11.2. The summed E-state index contributed by atoms with van der Waals surface area (Å²) in [5.74, 6) is 0.790. The van der Waals surface area contributed by atoms with Crippen LogP contribution >= 0.6 is 0 Å². The fourth-order valence-corrected chi connectivity index (χ4v) is 3.32. The molecule has 1 heterocycles. The summed E-state index contributed by atoms with van der Waals surface area (Å²) in [6.07, 6.45) is 0. The quantitative estimate of drug-likeness (QED) is 0.334. The second kappa shape index (κ2) is 11.0. The molecule has 0 saturated carbocycles. The van der Waals surface area contributed by atoms with Gasteiger partial charge in [-0.2, -0.15) is 5.10 Å². The van der Waals surface area contributed by atoms with Crippen molar-refractivity contribution in [3.63, 3.8) is 0 Å². The molecule has 34 heavy (non-hydrogen) atoms. The van der Waals surface area contributed by atoms with Crippen LogP contribution in [0.3, 0.4) is 0 Å². The highest BCUT2D eigenvalue weighted by Crippen LogP contribution is 2.37. The first-order valence-corrected chi connectivity index (χ1v) is 10.7. The lowest BCUT2D eigenvalue weighted by Gasteiger charge is -2.24. The molecule has 182 valence electrons. The van der Waals surface area contributed by atoms with E-state index in [0.717, 1.165) is 11.3 Å². The van der Waals surface area contributed by atoms with Crippen LogP contribution in [-0.2, 0) is 19.7 Å². The van der Waals surface area contributed by atoms with E-state index in [1.54, 1.807) is 12.1 Å². The van der Waals surface area contributed by atoms with Crippen LogP contribution in [0.1, 0.15) is 31.1 Å². The lowest BCUT2D eigenvalue weighted by Crippen LogP contribution is -2.25. The van der Waals surface area contributed by atoms with Crippen LogP contribution in [0.25, 0.3) is 11.3 Å². The number of esters is 1. The smallest absolute Gasteiger partial charge is 0.343 e. The monoisotopic (exact) mass is 469 g/mol. The van der Waals surface area contributed by atoms with E-state index in [0.29, 0.717) is 17.3 Å². The largest absolute Gasteiger partial charge is 0.467 e. The Morgan fingerprint density at radius 2 is 1.65 bits per heavy atom. The molecule has 3 rings (SSSR count). The van der Waals surface area contributed by atoms with Crippen molar-refractivity contribution < 1.29 is 28.5 Å². The van der Waals surface area contributed by atoms with Crippen molar-refractivity contribution in [2.24, 2.45) is 0 Å². The van der Waals surface area contributed by atoms with Crippen molar-refractivity contribution in [2.45, 2.75) is 26.3 Å². The van der Waals surface area contributed by atoms with Gasteiger partial charge < -0.3 is 29.0 Å². The Bertz CT molecular complexity index is 1110. The molecule has 0 fully saturated rings. The van der Waals surface area contributed by atoms with Crippen molar-refractivity contribution in [3.05, 3.63) is 54.1 Å². The van der Waals surface area contributed by atoms with E-state index >= 15 is 0 Å². The summed E-state index contributed by atoms with van der Waals surface area (Å²) in [7, 11) is 4.33. The number of methoxy groups -OCH3 is 3. The van der Waals surface area contributed by atoms with Gasteiger partial charge in [0.25, 0.3) is 0 Å². The second-order valence-electron chi connectivity index (χ2n) is 8.43. The Balaban J connectivity index is 2.14. The first kappa shape index (κ1) is 25.1. The van der Waals surface area contributed by atoms with Gasteiger partial charge in [0.15, 0.2) is 13.6 Å². The summed E-state index contributed by atoms with van der Waals surface area (Å²) in [5.41, 5.74) is 2.05.